The minimum atomic E-state index is -1.72. The van der Waals surface area contributed by atoms with E-state index < -0.39 is 11.4 Å². The van der Waals surface area contributed by atoms with Crippen LogP contribution in [0.1, 0.15) is 50.9 Å². The first-order chi connectivity index (χ1) is 16.7. The van der Waals surface area contributed by atoms with E-state index in [4.69, 9.17) is 23.2 Å². The molecule has 0 aliphatic heterocycles. The van der Waals surface area contributed by atoms with Gasteiger partial charge < -0.3 is 9.67 Å². The van der Waals surface area contributed by atoms with Gasteiger partial charge in [-0.15, -0.1) is 0 Å². The minimum Gasteiger partial charge on any atom is -0.377 e. The molecular weight excluding hydrogens is 488 g/mol. The number of rotatable bonds is 5. The summed E-state index contributed by atoms with van der Waals surface area (Å²) in [5.41, 5.74) is 1.20. The monoisotopic (exact) mass is 513 g/mol. The predicted octanol–water partition coefficient (Wildman–Crippen LogP) is 6.42. The van der Waals surface area contributed by atoms with E-state index in [1.807, 2.05) is 4.57 Å². The van der Waals surface area contributed by atoms with Crippen LogP contribution < -0.4 is 0 Å². The zero-order valence-corrected chi connectivity index (χ0v) is 21.1. The normalized spacial score (nSPS) is 20.2. The molecule has 5 rings (SSSR count). The van der Waals surface area contributed by atoms with Gasteiger partial charge in [-0.1, -0.05) is 31.4 Å². The fourth-order valence-corrected chi connectivity index (χ4v) is 5.46. The molecule has 0 bridgehead atoms. The molecule has 1 aliphatic carbocycles. The second-order valence-electron chi connectivity index (χ2n) is 9.64. The van der Waals surface area contributed by atoms with E-state index in [0.29, 0.717) is 51.4 Å². The second-order valence-corrected chi connectivity index (χ2v) is 10.4. The number of aromatic nitrogens is 5. The predicted molar refractivity (Wildman–Crippen MR) is 135 cm³/mol. The van der Waals surface area contributed by atoms with Crippen LogP contribution in [0.5, 0.6) is 0 Å². The van der Waals surface area contributed by atoms with Gasteiger partial charge in [0.2, 0.25) is 5.28 Å². The quantitative estimate of drug-likeness (QED) is 0.311. The lowest BCUT2D eigenvalue weighted by Gasteiger charge is -2.30. The number of nitrogens with zero attached hydrogens (tertiary/aromatic N) is 5. The third-order valence-corrected chi connectivity index (χ3v) is 7.37. The molecule has 182 valence electrons. The van der Waals surface area contributed by atoms with Gasteiger partial charge in [-0.3, -0.25) is 9.97 Å². The lowest BCUT2D eigenvalue weighted by Crippen LogP contribution is -2.30. The highest BCUT2D eigenvalue weighted by Crippen LogP contribution is 2.39. The number of pyridine rings is 2. The van der Waals surface area contributed by atoms with Gasteiger partial charge in [-0.25, -0.2) is 14.4 Å². The SMILES string of the molecule is CC(O)(c1ncccc1F)c1cc2nc(Cl)nc(-c3cncc(Cl)c3)c2n1C[C@H]1CC[C@H](C)CC1. The Kier molecular flexibility index (Phi) is 6.51. The van der Waals surface area contributed by atoms with Gasteiger partial charge >= 0.3 is 0 Å². The largest absolute Gasteiger partial charge is 0.377 e. The van der Waals surface area contributed by atoms with Crippen LogP contribution in [0.15, 0.2) is 42.9 Å². The molecule has 1 N–H and O–H groups in total. The summed E-state index contributed by atoms with van der Waals surface area (Å²) in [5.74, 6) is 0.517. The molecule has 0 radical (unpaired) electrons. The zero-order valence-electron chi connectivity index (χ0n) is 19.5. The number of fused-ring (bicyclic) bond motifs is 1. The number of hydrogen-bond donors (Lipinski definition) is 1. The maximum absolute atomic E-state index is 14.8. The van der Waals surface area contributed by atoms with E-state index in [0.717, 1.165) is 25.7 Å². The molecule has 1 atom stereocenters. The average molecular weight is 514 g/mol. The van der Waals surface area contributed by atoms with Crippen molar-refractivity contribution in [3.63, 3.8) is 0 Å². The van der Waals surface area contributed by atoms with Crippen LogP contribution >= 0.6 is 23.2 Å². The third kappa shape index (κ3) is 4.65. The van der Waals surface area contributed by atoms with E-state index in [1.54, 1.807) is 31.5 Å². The minimum absolute atomic E-state index is 0.0497. The van der Waals surface area contributed by atoms with Crippen LogP contribution in [0.2, 0.25) is 10.3 Å². The van der Waals surface area contributed by atoms with Crippen LogP contribution in [0, 0.1) is 17.7 Å². The maximum atomic E-state index is 14.8. The molecule has 1 unspecified atom stereocenters. The van der Waals surface area contributed by atoms with Crippen molar-refractivity contribution in [1.29, 1.82) is 0 Å². The van der Waals surface area contributed by atoms with E-state index in [-0.39, 0.29) is 11.0 Å². The summed E-state index contributed by atoms with van der Waals surface area (Å²) in [6.45, 7) is 4.46. The fourth-order valence-electron chi connectivity index (χ4n) is 5.11. The van der Waals surface area contributed by atoms with E-state index in [9.17, 15) is 9.50 Å². The molecule has 0 aromatic carbocycles. The molecule has 35 heavy (non-hydrogen) atoms. The van der Waals surface area contributed by atoms with E-state index >= 15 is 0 Å². The number of halogens is 3. The van der Waals surface area contributed by atoms with Gasteiger partial charge in [-0.2, -0.15) is 0 Å². The molecule has 1 fully saturated rings. The van der Waals surface area contributed by atoms with E-state index in [1.165, 1.54) is 18.3 Å². The molecule has 0 spiro atoms. The van der Waals surface area contributed by atoms with Gasteiger partial charge in [0, 0.05) is 30.7 Å². The molecule has 1 aliphatic rings. The summed E-state index contributed by atoms with van der Waals surface area (Å²) in [6.07, 6.45) is 9.14. The number of hydrogen-bond acceptors (Lipinski definition) is 5. The molecule has 0 amide bonds. The molecule has 6 nitrogen and oxygen atoms in total. The van der Waals surface area contributed by atoms with Crippen molar-refractivity contribution in [3.8, 4) is 11.3 Å². The highest BCUT2D eigenvalue weighted by Gasteiger charge is 2.36. The van der Waals surface area contributed by atoms with Crippen LogP contribution in [-0.2, 0) is 12.1 Å². The Bertz CT molecular complexity index is 1380. The van der Waals surface area contributed by atoms with Crippen molar-refractivity contribution in [2.24, 2.45) is 11.8 Å². The van der Waals surface area contributed by atoms with Gasteiger partial charge in [-0.05, 0) is 67.5 Å². The number of aliphatic hydroxyl groups is 1. The Balaban J connectivity index is 1.75. The molecule has 4 aromatic rings. The first-order valence-electron chi connectivity index (χ1n) is 11.8. The van der Waals surface area contributed by atoms with Crippen molar-refractivity contribution in [3.05, 3.63) is 70.4 Å². The van der Waals surface area contributed by atoms with Crippen molar-refractivity contribution < 1.29 is 9.50 Å². The topological polar surface area (TPSA) is 76.7 Å². The lowest BCUT2D eigenvalue weighted by atomic mass is 9.83. The third-order valence-electron chi connectivity index (χ3n) is 6.99. The Labute approximate surface area is 213 Å². The summed E-state index contributed by atoms with van der Waals surface area (Å²) in [7, 11) is 0. The zero-order chi connectivity index (χ0) is 24.7. The standard InChI is InChI=1S/C26H26Cl2FN5O/c1-15-5-7-16(8-6-15)14-34-21(26(2,35)24-19(29)4-3-9-31-24)11-20-23(34)22(33-25(28)32-20)17-10-18(27)13-30-12-17/h3-4,9-13,15-16,35H,5-8,14H2,1-2H3/t15-,16-,26?. The van der Waals surface area contributed by atoms with Gasteiger partial charge in [0.1, 0.15) is 22.8 Å². The highest BCUT2D eigenvalue weighted by atomic mass is 35.5. The lowest BCUT2D eigenvalue weighted by molar-refractivity contribution is 0.0827. The van der Waals surface area contributed by atoms with Gasteiger partial charge in [0.25, 0.3) is 0 Å². The molecule has 1 saturated carbocycles. The highest BCUT2D eigenvalue weighted by molar-refractivity contribution is 6.31. The van der Waals surface area contributed by atoms with Crippen LogP contribution in [0.25, 0.3) is 22.3 Å². The molecule has 4 aromatic heterocycles. The summed E-state index contributed by atoms with van der Waals surface area (Å²) >= 11 is 12.6. The van der Waals surface area contributed by atoms with Crippen LogP contribution in [0.3, 0.4) is 0 Å². The van der Waals surface area contributed by atoms with E-state index in [2.05, 4.69) is 26.9 Å². The van der Waals surface area contributed by atoms with Crippen molar-refractivity contribution in [1.82, 2.24) is 24.5 Å². The van der Waals surface area contributed by atoms with Crippen molar-refractivity contribution >= 4 is 34.2 Å². The van der Waals surface area contributed by atoms with Gasteiger partial charge in [0.05, 0.1) is 21.7 Å². The van der Waals surface area contributed by atoms with Crippen molar-refractivity contribution in [2.45, 2.75) is 51.7 Å². The molecule has 0 saturated heterocycles. The first-order valence-corrected chi connectivity index (χ1v) is 12.5. The smallest absolute Gasteiger partial charge is 0.223 e. The Hall–Kier alpha value is -2.61. The fraction of sp³-hybridized carbons (Fsp3) is 0.385. The summed E-state index contributed by atoms with van der Waals surface area (Å²) < 4.78 is 16.8. The summed E-state index contributed by atoms with van der Waals surface area (Å²) in [5, 5.41) is 12.3. The van der Waals surface area contributed by atoms with Crippen molar-refractivity contribution in [2.75, 3.05) is 0 Å². The van der Waals surface area contributed by atoms with Gasteiger partial charge in [0.15, 0.2) is 0 Å². The Morgan fingerprint density at radius 2 is 1.91 bits per heavy atom. The Morgan fingerprint density at radius 1 is 1.14 bits per heavy atom. The Morgan fingerprint density at radius 3 is 2.63 bits per heavy atom. The second kappa shape index (κ2) is 9.45. The summed E-state index contributed by atoms with van der Waals surface area (Å²) in [6, 6.07) is 6.32. The maximum Gasteiger partial charge on any atom is 0.223 e. The molecule has 9 heteroatoms. The summed E-state index contributed by atoms with van der Waals surface area (Å²) in [4.78, 5) is 17.4. The average Bonchev–Trinajstić information content (AvgIpc) is 3.19. The first kappa shape index (κ1) is 24.1. The molecule has 4 heterocycles. The molecular formula is C26H26Cl2FN5O. The van der Waals surface area contributed by atoms with Crippen LogP contribution in [0.4, 0.5) is 4.39 Å². The van der Waals surface area contributed by atoms with Crippen LogP contribution in [-0.4, -0.2) is 29.6 Å².